The average Bonchev–Trinajstić information content (AvgIpc) is 2.78. The van der Waals surface area contributed by atoms with E-state index in [4.69, 9.17) is 9.84 Å². The van der Waals surface area contributed by atoms with Crippen LogP contribution in [0.4, 0.5) is 23.2 Å². The predicted molar refractivity (Wildman–Crippen MR) is 131 cm³/mol. The van der Waals surface area contributed by atoms with Crippen LogP contribution in [0.15, 0.2) is 36.4 Å². The Morgan fingerprint density at radius 2 is 1.81 bits per heavy atom. The Balaban J connectivity index is 1.92. The highest BCUT2D eigenvalue weighted by Crippen LogP contribution is 2.34. The fourth-order valence-corrected chi connectivity index (χ4v) is 5.55. The number of benzene rings is 2. The highest BCUT2D eigenvalue weighted by molar-refractivity contribution is 6.88. The highest BCUT2D eigenvalue weighted by Gasteiger charge is 2.37. The van der Waals surface area contributed by atoms with Gasteiger partial charge in [0.25, 0.3) is 5.91 Å². The minimum absolute atomic E-state index is 0.0369. The lowest BCUT2D eigenvalue weighted by Gasteiger charge is -2.36. The lowest BCUT2D eigenvalue weighted by atomic mass is 9.91. The molecule has 0 aromatic heterocycles. The molecular formula is C25H28F4N2O5Si. The summed E-state index contributed by atoms with van der Waals surface area (Å²) in [6.07, 6.45) is -5.06. The maximum atomic E-state index is 14.7. The van der Waals surface area contributed by atoms with Crippen molar-refractivity contribution >= 4 is 36.7 Å². The number of carboxylic acid groups (broad SMARTS) is 1. The van der Waals surface area contributed by atoms with Crippen molar-refractivity contribution in [2.45, 2.75) is 51.1 Å². The van der Waals surface area contributed by atoms with Crippen molar-refractivity contribution in [3.05, 3.63) is 53.3 Å². The van der Waals surface area contributed by atoms with E-state index in [1.54, 1.807) is 12.1 Å². The normalized spacial score (nSPS) is 15.6. The van der Waals surface area contributed by atoms with E-state index in [0.29, 0.717) is 16.3 Å². The second-order valence-electron chi connectivity index (χ2n) is 9.83. The zero-order chi connectivity index (χ0) is 27.5. The van der Waals surface area contributed by atoms with Crippen molar-refractivity contribution in [2.24, 2.45) is 0 Å². The molecule has 7 nitrogen and oxygen atoms in total. The van der Waals surface area contributed by atoms with Gasteiger partial charge in [-0.1, -0.05) is 31.8 Å². The van der Waals surface area contributed by atoms with Crippen LogP contribution in [-0.4, -0.2) is 55.2 Å². The molecule has 2 amide bonds. The number of ether oxygens (including phenoxy) is 1. The lowest BCUT2D eigenvalue weighted by Crippen LogP contribution is -2.45. The fraction of sp³-hybridized carbons (Fsp3) is 0.400. The van der Waals surface area contributed by atoms with Crippen molar-refractivity contribution in [2.75, 3.05) is 18.5 Å². The van der Waals surface area contributed by atoms with E-state index in [1.807, 2.05) is 19.6 Å². The van der Waals surface area contributed by atoms with Gasteiger partial charge < -0.3 is 20.1 Å². The number of halogens is 4. The first-order valence-electron chi connectivity index (χ1n) is 11.6. The molecule has 0 saturated heterocycles. The summed E-state index contributed by atoms with van der Waals surface area (Å²) in [5, 5.41) is 12.2. The van der Waals surface area contributed by atoms with Crippen LogP contribution < -0.4 is 15.2 Å². The molecule has 200 valence electrons. The standard InChI is InChI=1S/C25H28F4N2O5Si/c1-37(2,3)20-7-4-16(13-19(20)26)30-24(35)23-18-6-5-17(36-14-25(27,28)29)12-15(18)10-11-31(23)21(32)8-9-22(33)34/h4-7,12-13,23H,8-11,14H2,1-3H3,(H,30,35)(H,33,34)/t23-/m1/s1. The van der Waals surface area contributed by atoms with Gasteiger partial charge in [0, 0.05) is 18.7 Å². The quantitative estimate of drug-likeness (QED) is 0.386. The van der Waals surface area contributed by atoms with Crippen molar-refractivity contribution in [1.82, 2.24) is 4.90 Å². The van der Waals surface area contributed by atoms with Crippen LogP contribution in [0, 0.1) is 5.82 Å². The molecule has 0 bridgehead atoms. The molecule has 2 aromatic carbocycles. The second kappa shape index (κ2) is 10.9. The number of anilines is 1. The van der Waals surface area contributed by atoms with Crippen molar-refractivity contribution in [3.63, 3.8) is 0 Å². The number of carbonyl (C=O) groups is 3. The molecule has 1 atom stereocenters. The van der Waals surface area contributed by atoms with Gasteiger partial charge in [0.15, 0.2) is 6.61 Å². The molecule has 0 fully saturated rings. The molecule has 2 N–H and O–H groups in total. The molecule has 0 spiro atoms. The molecular weight excluding hydrogens is 512 g/mol. The third-order valence-corrected chi connectivity index (χ3v) is 7.93. The summed E-state index contributed by atoms with van der Waals surface area (Å²) in [4.78, 5) is 38.5. The first-order chi connectivity index (χ1) is 17.2. The van der Waals surface area contributed by atoms with E-state index in [2.05, 4.69) is 5.32 Å². The number of carboxylic acids is 1. The Bertz CT molecular complexity index is 1200. The van der Waals surface area contributed by atoms with E-state index in [0.717, 1.165) is 0 Å². The summed E-state index contributed by atoms with van der Waals surface area (Å²) >= 11 is 0. The molecule has 1 aliphatic rings. The Kier molecular flexibility index (Phi) is 8.31. The fourth-order valence-electron chi connectivity index (χ4n) is 4.18. The molecule has 0 aliphatic carbocycles. The van der Waals surface area contributed by atoms with Crippen LogP contribution in [0.1, 0.15) is 30.0 Å². The topological polar surface area (TPSA) is 95.9 Å². The molecule has 0 saturated carbocycles. The van der Waals surface area contributed by atoms with Gasteiger partial charge in [0.1, 0.15) is 17.6 Å². The molecule has 12 heteroatoms. The SMILES string of the molecule is C[Si](C)(C)c1ccc(NC(=O)[C@H]2c3ccc(OCC(F)(F)F)cc3CCN2C(=O)CCC(=O)O)cc1F. The van der Waals surface area contributed by atoms with E-state index in [-0.39, 0.29) is 30.8 Å². The minimum Gasteiger partial charge on any atom is -0.484 e. The van der Waals surface area contributed by atoms with E-state index in [9.17, 15) is 31.9 Å². The molecule has 2 aromatic rings. The van der Waals surface area contributed by atoms with Gasteiger partial charge in [0.05, 0.1) is 14.5 Å². The first kappa shape index (κ1) is 28.2. The number of nitrogens with one attached hydrogen (secondary N) is 1. The largest absolute Gasteiger partial charge is 0.484 e. The number of hydrogen-bond donors (Lipinski definition) is 2. The first-order valence-corrected chi connectivity index (χ1v) is 15.1. The van der Waals surface area contributed by atoms with Crippen LogP contribution in [0.5, 0.6) is 5.75 Å². The van der Waals surface area contributed by atoms with Gasteiger partial charge in [-0.25, -0.2) is 4.39 Å². The van der Waals surface area contributed by atoms with E-state index < -0.39 is 56.9 Å². The van der Waals surface area contributed by atoms with Crippen molar-refractivity contribution in [3.8, 4) is 5.75 Å². The van der Waals surface area contributed by atoms with Crippen molar-refractivity contribution in [1.29, 1.82) is 0 Å². The predicted octanol–water partition coefficient (Wildman–Crippen LogP) is 4.24. The summed E-state index contributed by atoms with van der Waals surface area (Å²) in [6, 6.07) is 7.29. The summed E-state index contributed by atoms with van der Waals surface area (Å²) in [5.41, 5.74) is 1.06. The van der Waals surface area contributed by atoms with Crippen LogP contribution in [0.3, 0.4) is 0 Å². The number of amides is 2. The number of hydrogen-bond acceptors (Lipinski definition) is 4. The van der Waals surface area contributed by atoms with E-state index in [1.165, 1.54) is 29.2 Å². The van der Waals surface area contributed by atoms with Crippen LogP contribution in [-0.2, 0) is 20.8 Å². The smallest absolute Gasteiger partial charge is 0.422 e. The number of rotatable bonds is 8. The van der Waals surface area contributed by atoms with Gasteiger partial charge in [-0.05, 0) is 47.0 Å². The number of nitrogens with zero attached hydrogens (tertiary/aromatic N) is 1. The maximum Gasteiger partial charge on any atom is 0.422 e. The van der Waals surface area contributed by atoms with Gasteiger partial charge in [-0.15, -0.1) is 0 Å². The van der Waals surface area contributed by atoms with Crippen LogP contribution in [0.25, 0.3) is 0 Å². The van der Waals surface area contributed by atoms with Gasteiger partial charge in [-0.2, -0.15) is 13.2 Å². The lowest BCUT2D eigenvalue weighted by molar-refractivity contribution is -0.153. The second-order valence-corrected chi connectivity index (χ2v) is 14.9. The number of fused-ring (bicyclic) bond motifs is 1. The van der Waals surface area contributed by atoms with Crippen LogP contribution >= 0.6 is 0 Å². The molecule has 0 unspecified atom stereocenters. The number of carbonyl (C=O) groups excluding carboxylic acids is 2. The van der Waals surface area contributed by atoms with E-state index >= 15 is 0 Å². The zero-order valence-corrected chi connectivity index (χ0v) is 21.6. The molecule has 3 rings (SSSR count). The Labute approximate surface area is 212 Å². The Morgan fingerprint density at radius 3 is 2.41 bits per heavy atom. The average molecular weight is 541 g/mol. The molecule has 1 heterocycles. The monoisotopic (exact) mass is 540 g/mol. The summed E-state index contributed by atoms with van der Waals surface area (Å²) in [6.45, 7) is 4.51. The third kappa shape index (κ3) is 7.31. The summed E-state index contributed by atoms with van der Waals surface area (Å²) < 4.78 is 57.2. The van der Waals surface area contributed by atoms with Gasteiger partial charge >= 0.3 is 12.1 Å². The van der Waals surface area contributed by atoms with Gasteiger partial charge in [-0.3, -0.25) is 14.4 Å². The Morgan fingerprint density at radius 1 is 1.11 bits per heavy atom. The van der Waals surface area contributed by atoms with Crippen LogP contribution in [0.2, 0.25) is 19.6 Å². The van der Waals surface area contributed by atoms with Crippen molar-refractivity contribution < 1.29 is 41.8 Å². The summed E-state index contributed by atoms with van der Waals surface area (Å²) in [5.74, 6) is -2.89. The molecule has 37 heavy (non-hydrogen) atoms. The molecule has 0 radical (unpaired) electrons. The number of alkyl halides is 3. The maximum absolute atomic E-state index is 14.7. The minimum atomic E-state index is -4.52. The zero-order valence-electron chi connectivity index (χ0n) is 20.6. The number of aliphatic carboxylic acids is 1. The third-order valence-electron chi connectivity index (χ3n) is 5.91. The highest BCUT2D eigenvalue weighted by atomic mass is 28.3. The Hall–Kier alpha value is -3.41. The summed E-state index contributed by atoms with van der Waals surface area (Å²) in [7, 11) is -1.96. The van der Waals surface area contributed by atoms with Gasteiger partial charge in [0.2, 0.25) is 5.91 Å². The molecule has 1 aliphatic heterocycles.